The average Bonchev–Trinajstić information content (AvgIpc) is 2.91. The average molecular weight is 631 g/mol. The maximum Gasteiger partial charge on any atom is 0.264 e. The summed E-state index contributed by atoms with van der Waals surface area (Å²) in [4.78, 5) is 28.7. The second-order valence-corrected chi connectivity index (χ2v) is 13.1. The molecule has 214 valence electrons. The normalized spacial score (nSPS) is 12.3. The van der Waals surface area contributed by atoms with E-state index in [0.717, 1.165) is 14.3 Å². The Kier molecular flexibility index (Phi) is 10.4. The van der Waals surface area contributed by atoms with Crippen LogP contribution in [0.5, 0.6) is 5.75 Å². The van der Waals surface area contributed by atoms with Crippen LogP contribution in [0.4, 0.5) is 5.69 Å². The zero-order valence-electron chi connectivity index (χ0n) is 23.4. The van der Waals surface area contributed by atoms with E-state index in [1.54, 1.807) is 56.3 Å². The highest BCUT2D eigenvalue weighted by Gasteiger charge is 2.34. The molecule has 0 radical (unpaired) electrons. The van der Waals surface area contributed by atoms with Gasteiger partial charge in [0.15, 0.2) is 0 Å². The van der Waals surface area contributed by atoms with Gasteiger partial charge in [0.25, 0.3) is 10.0 Å². The third-order valence-electron chi connectivity index (χ3n) is 5.98. The van der Waals surface area contributed by atoms with Gasteiger partial charge < -0.3 is 15.0 Å². The minimum Gasteiger partial charge on any atom is -0.492 e. The number of ether oxygens (including phenoxy) is 1. The molecule has 1 unspecified atom stereocenters. The van der Waals surface area contributed by atoms with Gasteiger partial charge >= 0.3 is 0 Å². The summed E-state index contributed by atoms with van der Waals surface area (Å²) in [6.45, 7) is 8.90. The first-order valence-corrected chi connectivity index (χ1v) is 15.2. The molecule has 10 heteroatoms. The Morgan fingerprint density at radius 3 is 2.15 bits per heavy atom. The highest BCUT2D eigenvalue weighted by Crippen LogP contribution is 2.33. The largest absolute Gasteiger partial charge is 0.492 e. The third kappa shape index (κ3) is 8.08. The summed E-state index contributed by atoms with van der Waals surface area (Å²) in [7, 11) is -4.18. The summed E-state index contributed by atoms with van der Waals surface area (Å²) in [6, 6.07) is 21.1. The van der Waals surface area contributed by atoms with Crippen molar-refractivity contribution in [2.24, 2.45) is 0 Å². The van der Waals surface area contributed by atoms with Crippen molar-refractivity contribution >= 4 is 43.5 Å². The summed E-state index contributed by atoms with van der Waals surface area (Å²) < 4.78 is 35.6. The molecule has 0 aliphatic rings. The summed E-state index contributed by atoms with van der Waals surface area (Å²) in [5, 5.41) is 2.92. The zero-order chi connectivity index (χ0) is 29.5. The van der Waals surface area contributed by atoms with Crippen LogP contribution in [-0.2, 0) is 26.2 Å². The first-order valence-electron chi connectivity index (χ1n) is 13.0. The number of hydrogen-bond donors (Lipinski definition) is 1. The lowest BCUT2D eigenvalue weighted by Crippen LogP contribution is -2.54. The molecule has 8 nitrogen and oxygen atoms in total. The Labute approximate surface area is 245 Å². The molecule has 0 saturated heterocycles. The molecule has 1 atom stereocenters. The first kappa shape index (κ1) is 31.2. The number of halogens is 1. The second kappa shape index (κ2) is 13.3. The maximum atomic E-state index is 14.0. The van der Waals surface area contributed by atoms with Gasteiger partial charge in [0.1, 0.15) is 18.3 Å². The summed E-state index contributed by atoms with van der Waals surface area (Å²) in [5.74, 6) is -0.550. The van der Waals surface area contributed by atoms with E-state index in [4.69, 9.17) is 4.74 Å². The van der Waals surface area contributed by atoms with Crippen molar-refractivity contribution in [2.45, 2.75) is 57.6 Å². The van der Waals surface area contributed by atoms with Crippen LogP contribution in [0.1, 0.15) is 40.2 Å². The topological polar surface area (TPSA) is 96.0 Å². The van der Waals surface area contributed by atoms with Crippen LogP contribution >= 0.6 is 15.9 Å². The Hall–Kier alpha value is -3.37. The molecular weight excluding hydrogens is 594 g/mol. The predicted octanol–water partition coefficient (Wildman–Crippen LogP) is 5.38. The molecule has 3 aromatic rings. The molecule has 0 aromatic heterocycles. The number of sulfonamides is 1. The maximum absolute atomic E-state index is 14.0. The number of anilines is 1. The van der Waals surface area contributed by atoms with Gasteiger partial charge in [0, 0.05) is 16.6 Å². The van der Waals surface area contributed by atoms with E-state index in [9.17, 15) is 18.0 Å². The number of benzene rings is 3. The number of para-hydroxylation sites is 2. The van der Waals surface area contributed by atoms with Gasteiger partial charge in [-0.25, -0.2) is 8.42 Å². The molecule has 1 N–H and O–H groups in total. The van der Waals surface area contributed by atoms with Gasteiger partial charge in [-0.3, -0.25) is 13.9 Å². The Balaban J connectivity index is 2.07. The third-order valence-corrected chi connectivity index (χ3v) is 8.28. The lowest BCUT2D eigenvalue weighted by Gasteiger charge is -2.33. The number of hydrogen-bond acceptors (Lipinski definition) is 5. The zero-order valence-corrected chi connectivity index (χ0v) is 25.8. The van der Waals surface area contributed by atoms with Gasteiger partial charge in [0.2, 0.25) is 11.8 Å². The van der Waals surface area contributed by atoms with Crippen molar-refractivity contribution in [3.8, 4) is 5.75 Å². The SMILES string of the molecule is CCOc1ccccc1N(CC(=O)N(Cc1ccc(Br)cc1)C(C)C(=O)NC(C)(C)C)S(=O)(=O)c1ccccc1. The van der Waals surface area contributed by atoms with Gasteiger partial charge in [0.05, 0.1) is 17.2 Å². The number of carbonyl (C=O) groups is 2. The fraction of sp³-hybridized carbons (Fsp3) is 0.333. The summed E-state index contributed by atoms with van der Waals surface area (Å²) >= 11 is 3.42. The quantitative estimate of drug-likeness (QED) is 0.307. The second-order valence-electron chi connectivity index (χ2n) is 10.3. The van der Waals surface area contributed by atoms with Crippen LogP contribution < -0.4 is 14.4 Å². The molecule has 0 heterocycles. The fourth-order valence-corrected chi connectivity index (χ4v) is 5.73. The number of nitrogens with zero attached hydrogens (tertiary/aromatic N) is 2. The standard InChI is InChI=1S/C30H36BrN3O5S/c1-6-39-27-15-11-10-14-26(27)34(40(37,38)25-12-8-7-9-13-25)21-28(35)33(20-23-16-18-24(31)19-17-23)22(2)29(36)32-30(3,4)5/h7-19,22H,6,20-21H2,1-5H3,(H,32,36). The van der Waals surface area contributed by atoms with E-state index in [1.807, 2.05) is 45.0 Å². The molecule has 40 heavy (non-hydrogen) atoms. The molecule has 0 fully saturated rings. The van der Waals surface area contributed by atoms with E-state index < -0.39 is 34.1 Å². The molecule has 0 aliphatic heterocycles. The molecule has 0 saturated carbocycles. The van der Waals surface area contributed by atoms with E-state index in [1.165, 1.54) is 17.0 Å². The Bertz CT molecular complexity index is 1410. The van der Waals surface area contributed by atoms with Crippen LogP contribution in [0.2, 0.25) is 0 Å². The Morgan fingerprint density at radius 2 is 1.55 bits per heavy atom. The monoisotopic (exact) mass is 629 g/mol. The lowest BCUT2D eigenvalue weighted by molar-refractivity contribution is -0.140. The highest BCUT2D eigenvalue weighted by atomic mass is 79.9. The molecule has 0 spiro atoms. The van der Waals surface area contributed by atoms with Crippen molar-refractivity contribution in [2.75, 3.05) is 17.5 Å². The Morgan fingerprint density at radius 1 is 0.950 bits per heavy atom. The van der Waals surface area contributed by atoms with Gasteiger partial charge in [-0.05, 0) is 76.6 Å². The minimum absolute atomic E-state index is 0.0343. The van der Waals surface area contributed by atoms with Gasteiger partial charge in [-0.15, -0.1) is 0 Å². The van der Waals surface area contributed by atoms with Crippen LogP contribution in [0.25, 0.3) is 0 Å². The van der Waals surface area contributed by atoms with E-state index >= 15 is 0 Å². The number of carbonyl (C=O) groups excluding carboxylic acids is 2. The molecule has 3 aromatic carbocycles. The van der Waals surface area contributed by atoms with E-state index in [-0.39, 0.29) is 23.0 Å². The minimum atomic E-state index is -4.18. The van der Waals surface area contributed by atoms with Crippen LogP contribution in [-0.4, -0.2) is 49.9 Å². The van der Waals surface area contributed by atoms with Crippen molar-refractivity contribution in [1.82, 2.24) is 10.2 Å². The first-order chi connectivity index (χ1) is 18.8. The number of amides is 2. The molecule has 0 aliphatic carbocycles. The van der Waals surface area contributed by atoms with Crippen LogP contribution in [0.3, 0.4) is 0 Å². The van der Waals surface area contributed by atoms with Crippen molar-refractivity contribution in [3.05, 3.63) is 88.9 Å². The molecule has 3 rings (SSSR count). The molecule has 2 amide bonds. The predicted molar refractivity (Wildman–Crippen MR) is 161 cm³/mol. The van der Waals surface area contributed by atoms with Crippen LogP contribution in [0, 0.1) is 0 Å². The lowest BCUT2D eigenvalue weighted by atomic mass is 10.1. The summed E-state index contributed by atoms with van der Waals surface area (Å²) in [6.07, 6.45) is 0. The van der Waals surface area contributed by atoms with E-state index in [2.05, 4.69) is 21.2 Å². The van der Waals surface area contributed by atoms with Crippen LogP contribution in [0.15, 0.2) is 88.2 Å². The van der Waals surface area contributed by atoms with E-state index in [0.29, 0.717) is 12.4 Å². The van der Waals surface area contributed by atoms with Crippen molar-refractivity contribution in [3.63, 3.8) is 0 Å². The molecular formula is C30H36BrN3O5S. The highest BCUT2D eigenvalue weighted by molar-refractivity contribution is 9.10. The van der Waals surface area contributed by atoms with Crippen molar-refractivity contribution < 1.29 is 22.7 Å². The van der Waals surface area contributed by atoms with Gasteiger partial charge in [-0.1, -0.05) is 58.4 Å². The number of nitrogens with one attached hydrogen (secondary N) is 1. The number of rotatable bonds is 11. The smallest absolute Gasteiger partial charge is 0.264 e. The molecule has 0 bridgehead atoms. The van der Waals surface area contributed by atoms with Gasteiger partial charge in [-0.2, -0.15) is 0 Å². The summed E-state index contributed by atoms with van der Waals surface area (Å²) in [5.41, 5.74) is 0.507. The fourth-order valence-electron chi connectivity index (χ4n) is 4.02. The van der Waals surface area contributed by atoms with Crippen molar-refractivity contribution in [1.29, 1.82) is 0 Å².